The number of hydrogen-bond donors (Lipinski definition) is 0. The van der Waals surface area contributed by atoms with Crippen molar-refractivity contribution in [2.75, 3.05) is 7.11 Å². The van der Waals surface area contributed by atoms with Gasteiger partial charge in [0.2, 0.25) is 9.84 Å². The zero-order chi connectivity index (χ0) is 18.4. The number of allylic oxidation sites excluding steroid dienone is 1. The summed E-state index contributed by atoms with van der Waals surface area (Å²) in [5.41, 5.74) is 0.287. The zero-order valence-corrected chi connectivity index (χ0v) is 13.8. The van der Waals surface area contributed by atoms with Crippen LogP contribution in [0.15, 0.2) is 58.3 Å². The fraction of sp³-hybridized carbons (Fsp3) is 0.118. The van der Waals surface area contributed by atoms with Crippen molar-refractivity contribution >= 4 is 15.9 Å². The maximum atomic E-state index is 12.5. The second kappa shape index (κ2) is 7.77. The average Bonchev–Trinajstić information content (AvgIpc) is 2.60. The summed E-state index contributed by atoms with van der Waals surface area (Å²) in [6.45, 7) is -3.02. The van der Waals surface area contributed by atoms with E-state index in [-0.39, 0.29) is 22.0 Å². The molecule has 0 unspecified atom stereocenters. The smallest absolute Gasteiger partial charge is 0.387 e. The minimum atomic E-state index is -3.99. The Morgan fingerprint density at radius 2 is 1.84 bits per heavy atom. The van der Waals surface area contributed by atoms with Gasteiger partial charge in [-0.3, -0.25) is 0 Å². The summed E-state index contributed by atoms with van der Waals surface area (Å²) in [7, 11) is -2.73. The molecule has 0 aromatic heterocycles. The number of rotatable bonds is 6. The van der Waals surface area contributed by atoms with Gasteiger partial charge in [0.1, 0.15) is 11.0 Å². The molecule has 8 heteroatoms. The lowest BCUT2D eigenvalue weighted by molar-refractivity contribution is -0.0512. The second-order valence-electron chi connectivity index (χ2n) is 4.73. The van der Waals surface area contributed by atoms with Crippen LogP contribution in [0, 0.1) is 11.3 Å². The molecule has 0 heterocycles. The van der Waals surface area contributed by atoms with Gasteiger partial charge in [0.15, 0.2) is 11.5 Å². The summed E-state index contributed by atoms with van der Waals surface area (Å²) in [4.78, 5) is -0.504. The molecule has 0 aliphatic heterocycles. The highest BCUT2D eigenvalue weighted by Crippen LogP contribution is 2.31. The maximum absolute atomic E-state index is 12.5. The van der Waals surface area contributed by atoms with Gasteiger partial charge >= 0.3 is 6.61 Å². The summed E-state index contributed by atoms with van der Waals surface area (Å²) >= 11 is 0. The van der Waals surface area contributed by atoms with E-state index in [2.05, 4.69) is 4.74 Å². The van der Waals surface area contributed by atoms with Crippen LogP contribution in [0.3, 0.4) is 0 Å². The largest absolute Gasteiger partial charge is 0.493 e. The zero-order valence-electron chi connectivity index (χ0n) is 13.0. The summed E-state index contributed by atoms with van der Waals surface area (Å²) in [6, 6.07) is 13.0. The number of nitrogens with zero attached hydrogens (tertiary/aromatic N) is 1. The molecule has 0 aliphatic rings. The van der Waals surface area contributed by atoms with Crippen LogP contribution < -0.4 is 9.47 Å². The van der Waals surface area contributed by atoms with Crippen LogP contribution in [0.5, 0.6) is 11.5 Å². The minimum absolute atomic E-state index is 0.0107. The molecule has 0 aliphatic carbocycles. The molecule has 5 nitrogen and oxygen atoms in total. The van der Waals surface area contributed by atoms with Crippen molar-refractivity contribution in [2.45, 2.75) is 11.5 Å². The van der Waals surface area contributed by atoms with E-state index in [0.29, 0.717) is 0 Å². The van der Waals surface area contributed by atoms with Crippen LogP contribution >= 0.6 is 0 Å². The molecular formula is C17H13F2NO4S. The van der Waals surface area contributed by atoms with E-state index < -0.39 is 21.4 Å². The van der Waals surface area contributed by atoms with Gasteiger partial charge in [0, 0.05) is 0 Å². The first-order chi connectivity index (χ1) is 11.9. The van der Waals surface area contributed by atoms with E-state index in [1.54, 1.807) is 24.3 Å². The lowest BCUT2D eigenvalue weighted by Crippen LogP contribution is -2.04. The standard InChI is InChI=1S/C17H13F2NO4S/c1-23-16-10-12(7-8-15(16)24-17(18)19)9-14(11-20)25(21,22)13-5-3-2-4-6-13/h2-10,17H,1H3/b14-9+. The number of benzene rings is 2. The molecule has 130 valence electrons. The van der Waals surface area contributed by atoms with Crippen LogP contribution in [0.4, 0.5) is 8.78 Å². The molecule has 0 radical (unpaired) electrons. The Labute approximate surface area is 143 Å². The molecule has 25 heavy (non-hydrogen) atoms. The SMILES string of the molecule is COc1cc(/C=C(\C#N)S(=O)(=O)c2ccccc2)ccc1OC(F)F. The van der Waals surface area contributed by atoms with Crippen molar-refractivity contribution < 1.29 is 26.7 Å². The summed E-state index contributed by atoms with van der Waals surface area (Å²) in [5, 5.41) is 9.23. The molecule has 0 spiro atoms. The lowest BCUT2D eigenvalue weighted by Gasteiger charge is -2.10. The molecular weight excluding hydrogens is 352 g/mol. The van der Waals surface area contributed by atoms with Gasteiger partial charge in [0.25, 0.3) is 0 Å². The third-order valence-electron chi connectivity index (χ3n) is 3.15. The van der Waals surface area contributed by atoms with Gasteiger partial charge in [-0.15, -0.1) is 0 Å². The molecule has 2 aromatic carbocycles. The summed E-state index contributed by atoms with van der Waals surface area (Å²) < 4.78 is 58.9. The molecule has 2 rings (SSSR count). The predicted molar refractivity (Wildman–Crippen MR) is 86.8 cm³/mol. The topological polar surface area (TPSA) is 76.4 Å². The van der Waals surface area contributed by atoms with Crippen molar-refractivity contribution in [3.8, 4) is 17.6 Å². The molecule has 0 bridgehead atoms. The first-order valence-corrected chi connectivity index (χ1v) is 8.41. The first kappa shape index (κ1) is 18.4. The summed E-state index contributed by atoms with van der Waals surface area (Å²) in [6.07, 6.45) is 1.14. The number of nitriles is 1. The Morgan fingerprint density at radius 3 is 2.40 bits per heavy atom. The number of methoxy groups -OCH3 is 1. The van der Waals surface area contributed by atoms with Crippen LogP contribution in [-0.4, -0.2) is 22.1 Å². The molecule has 0 saturated heterocycles. The normalized spacial score (nSPS) is 11.9. The van der Waals surface area contributed by atoms with Crippen LogP contribution in [0.1, 0.15) is 5.56 Å². The van der Waals surface area contributed by atoms with Gasteiger partial charge in [-0.05, 0) is 35.9 Å². The second-order valence-corrected chi connectivity index (χ2v) is 6.64. The van der Waals surface area contributed by atoms with Crippen molar-refractivity contribution in [1.82, 2.24) is 0 Å². The van der Waals surface area contributed by atoms with Crippen molar-refractivity contribution in [3.63, 3.8) is 0 Å². The first-order valence-electron chi connectivity index (χ1n) is 6.93. The third kappa shape index (κ3) is 4.33. The van der Waals surface area contributed by atoms with Crippen molar-refractivity contribution in [2.24, 2.45) is 0 Å². The monoisotopic (exact) mass is 365 g/mol. The third-order valence-corrected chi connectivity index (χ3v) is 4.84. The maximum Gasteiger partial charge on any atom is 0.387 e. The highest BCUT2D eigenvalue weighted by Gasteiger charge is 2.20. The fourth-order valence-electron chi connectivity index (χ4n) is 2.02. The number of alkyl halides is 2. The van der Waals surface area contributed by atoms with E-state index in [1.165, 1.54) is 37.4 Å². The van der Waals surface area contributed by atoms with Gasteiger partial charge in [-0.1, -0.05) is 24.3 Å². The van der Waals surface area contributed by atoms with Crippen molar-refractivity contribution in [3.05, 3.63) is 59.0 Å². The van der Waals surface area contributed by atoms with E-state index in [0.717, 1.165) is 6.08 Å². The molecule has 0 atom stereocenters. The minimum Gasteiger partial charge on any atom is -0.493 e. The highest BCUT2D eigenvalue weighted by molar-refractivity contribution is 7.95. The molecule has 0 N–H and O–H groups in total. The lowest BCUT2D eigenvalue weighted by atomic mass is 10.2. The number of ether oxygens (including phenoxy) is 2. The highest BCUT2D eigenvalue weighted by atomic mass is 32.2. The Kier molecular flexibility index (Phi) is 5.72. The molecule has 0 fully saturated rings. The Balaban J connectivity index is 2.45. The molecule has 0 saturated carbocycles. The van der Waals surface area contributed by atoms with E-state index in [1.807, 2.05) is 0 Å². The predicted octanol–water partition coefficient (Wildman–Crippen LogP) is 3.63. The van der Waals surface area contributed by atoms with Crippen LogP contribution in [-0.2, 0) is 9.84 Å². The Bertz CT molecular complexity index is 919. The van der Waals surface area contributed by atoms with E-state index in [4.69, 9.17) is 4.74 Å². The fourth-order valence-corrected chi connectivity index (χ4v) is 3.20. The van der Waals surface area contributed by atoms with Gasteiger partial charge in [0.05, 0.1) is 12.0 Å². The Hall–Kier alpha value is -2.92. The van der Waals surface area contributed by atoms with Gasteiger partial charge in [-0.2, -0.15) is 14.0 Å². The van der Waals surface area contributed by atoms with E-state index in [9.17, 15) is 22.5 Å². The number of hydrogen-bond acceptors (Lipinski definition) is 5. The van der Waals surface area contributed by atoms with Gasteiger partial charge < -0.3 is 9.47 Å². The molecule has 2 aromatic rings. The number of halogens is 2. The van der Waals surface area contributed by atoms with Crippen LogP contribution in [0.25, 0.3) is 6.08 Å². The summed E-state index contributed by atoms with van der Waals surface area (Å²) in [5.74, 6) is -0.206. The van der Waals surface area contributed by atoms with E-state index >= 15 is 0 Å². The average molecular weight is 365 g/mol. The van der Waals surface area contributed by atoms with Crippen molar-refractivity contribution in [1.29, 1.82) is 5.26 Å². The molecule has 0 amide bonds. The quantitative estimate of drug-likeness (QED) is 0.731. The van der Waals surface area contributed by atoms with Gasteiger partial charge in [-0.25, -0.2) is 8.42 Å². The van der Waals surface area contributed by atoms with Crippen LogP contribution in [0.2, 0.25) is 0 Å². The number of sulfone groups is 1. The Morgan fingerprint density at radius 1 is 1.16 bits per heavy atom.